The molecule has 0 unspecified atom stereocenters. The Morgan fingerprint density at radius 1 is 1.30 bits per heavy atom. The zero-order valence-electron chi connectivity index (χ0n) is 11.8. The van der Waals surface area contributed by atoms with E-state index in [1.807, 2.05) is 36.5 Å². The standard InChI is InChI=1S/C16H19ClN2O/c1-12(2)19-10-14-8-15(17)5-6-16(14)20-11-13-4-3-7-18-9-13/h3-9,12,19H,10-11H2,1-2H3. The molecule has 1 N–H and O–H groups in total. The maximum absolute atomic E-state index is 6.06. The van der Waals surface area contributed by atoms with E-state index in [0.717, 1.165) is 28.4 Å². The smallest absolute Gasteiger partial charge is 0.124 e. The fraction of sp³-hybridized carbons (Fsp3) is 0.312. The van der Waals surface area contributed by atoms with Crippen molar-refractivity contribution >= 4 is 11.6 Å². The van der Waals surface area contributed by atoms with Gasteiger partial charge in [0.15, 0.2) is 0 Å². The molecule has 1 heterocycles. The number of benzene rings is 1. The van der Waals surface area contributed by atoms with Crippen molar-refractivity contribution in [3.05, 3.63) is 58.9 Å². The number of hydrogen-bond acceptors (Lipinski definition) is 3. The lowest BCUT2D eigenvalue weighted by Crippen LogP contribution is -2.22. The molecule has 0 saturated heterocycles. The first kappa shape index (κ1) is 14.8. The molecule has 0 radical (unpaired) electrons. The van der Waals surface area contributed by atoms with Crippen LogP contribution < -0.4 is 10.1 Å². The lowest BCUT2D eigenvalue weighted by Gasteiger charge is -2.14. The van der Waals surface area contributed by atoms with E-state index in [0.29, 0.717) is 12.6 Å². The van der Waals surface area contributed by atoms with Crippen LogP contribution in [0.5, 0.6) is 5.75 Å². The molecule has 0 bridgehead atoms. The minimum absolute atomic E-state index is 0.417. The Bertz CT molecular complexity index is 543. The first-order valence-electron chi connectivity index (χ1n) is 6.68. The Morgan fingerprint density at radius 3 is 2.85 bits per heavy atom. The molecule has 0 aliphatic heterocycles. The number of hydrogen-bond donors (Lipinski definition) is 1. The maximum Gasteiger partial charge on any atom is 0.124 e. The Morgan fingerprint density at radius 2 is 2.15 bits per heavy atom. The van der Waals surface area contributed by atoms with Crippen molar-refractivity contribution in [3.8, 4) is 5.75 Å². The molecule has 0 fully saturated rings. The number of nitrogens with one attached hydrogen (secondary N) is 1. The van der Waals surface area contributed by atoms with Gasteiger partial charge in [0, 0.05) is 41.1 Å². The average molecular weight is 291 g/mol. The van der Waals surface area contributed by atoms with Crippen LogP contribution in [0.25, 0.3) is 0 Å². The molecular weight excluding hydrogens is 272 g/mol. The topological polar surface area (TPSA) is 34.1 Å². The third kappa shape index (κ3) is 4.51. The second kappa shape index (κ2) is 7.27. The van der Waals surface area contributed by atoms with Gasteiger partial charge in [0.2, 0.25) is 0 Å². The van der Waals surface area contributed by atoms with E-state index in [4.69, 9.17) is 16.3 Å². The fourth-order valence-electron chi connectivity index (χ4n) is 1.79. The van der Waals surface area contributed by atoms with Gasteiger partial charge in [-0.1, -0.05) is 31.5 Å². The Hall–Kier alpha value is -1.58. The number of pyridine rings is 1. The summed E-state index contributed by atoms with van der Waals surface area (Å²) in [7, 11) is 0. The lowest BCUT2D eigenvalue weighted by molar-refractivity contribution is 0.301. The molecule has 1 aromatic carbocycles. The highest BCUT2D eigenvalue weighted by Crippen LogP contribution is 2.23. The molecule has 0 spiro atoms. The summed E-state index contributed by atoms with van der Waals surface area (Å²) in [5.74, 6) is 0.853. The van der Waals surface area contributed by atoms with Crippen LogP contribution in [0.1, 0.15) is 25.0 Å². The molecule has 106 valence electrons. The highest BCUT2D eigenvalue weighted by atomic mass is 35.5. The normalized spacial score (nSPS) is 10.8. The monoisotopic (exact) mass is 290 g/mol. The zero-order valence-corrected chi connectivity index (χ0v) is 12.5. The Kier molecular flexibility index (Phi) is 5.39. The molecule has 1 aromatic heterocycles. The highest BCUT2D eigenvalue weighted by Gasteiger charge is 2.06. The van der Waals surface area contributed by atoms with Gasteiger partial charge in [0.1, 0.15) is 12.4 Å². The summed E-state index contributed by atoms with van der Waals surface area (Å²) in [6.07, 6.45) is 3.56. The van der Waals surface area contributed by atoms with Gasteiger partial charge in [-0.2, -0.15) is 0 Å². The summed E-state index contributed by atoms with van der Waals surface area (Å²) >= 11 is 6.06. The van der Waals surface area contributed by atoms with Gasteiger partial charge in [0.25, 0.3) is 0 Å². The molecule has 20 heavy (non-hydrogen) atoms. The summed E-state index contributed by atoms with van der Waals surface area (Å²) in [5, 5.41) is 4.10. The first-order valence-corrected chi connectivity index (χ1v) is 7.06. The van der Waals surface area contributed by atoms with Crippen molar-refractivity contribution in [3.63, 3.8) is 0 Å². The maximum atomic E-state index is 6.06. The summed E-state index contributed by atoms with van der Waals surface area (Å²) in [6, 6.07) is 10.0. The van der Waals surface area contributed by atoms with Crippen molar-refractivity contribution in [2.45, 2.75) is 33.0 Å². The summed E-state index contributed by atoms with van der Waals surface area (Å²) in [6.45, 7) is 5.46. The third-order valence-corrected chi connectivity index (χ3v) is 3.08. The minimum Gasteiger partial charge on any atom is -0.489 e. The largest absolute Gasteiger partial charge is 0.489 e. The average Bonchev–Trinajstić information content (AvgIpc) is 2.45. The minimum atomic E-state index is 0.417. The number of aromatic nitrogens is 1. The number of nitrogens with zero attached hydrogens (tertiary/aromatic N) is 1. The molecule has 0 atom stereocenters. The van der Waals surface area contributed by atoms with E-state index in [9.17, 15) is 0 Å². The van der Waals surface area contributed by atoms with E-state index in [1.165, 1.54) is 0 Å². The van der Waals surface area contributed by atoms with E-state index in [2.05, 4.69) is 24.1 Å². The van der Waals surface area contributed by atoms with Crippen molar-refractivity contribution in [2.24, 2.45) is 0 Å². The van der Waals surface area contributed by atoms with Crippen LogP contribution in [0.3, 0.4) is 0 Å². The second-order valence-electron chi connectivity index (χ2n) is 4.94. The molecule has 3 nitrogen and oxygen atoms in total. The van der Waals surface area contributed by atoms with Gasteiger partial charge in [0.05, 0.1) is 0 Å². The van der Waals surface area contributed by atoms with Crippen molar-refractivity contribution < 1.29 is 4.74 Å². The van der Waals surface area contributed by atoms with Crippen LogP contribution in [-0.4, -0.2) is 11.0 Å². The van der Waals surface area contributed by atoms with E-state index < -0.39 is 0 Å². The van der Waals surface area contributed by atoms with Gasteiger partial charge in [-0.15, -0.1) is 0 Å². The first-order chi connectivity index (χ1) is 9.65. The predicted octanol–water partition coefficient (Wildman–Crippen LogP) is 3.81. The fourth-order valence-corrected chi connectivity index (χ4v) is 1.98. The van der Waals surface area contributed by atoms with Crippen LogP contribution in [-0.2, 0) is 13.2 Å². The predicted molar refractivity (Wildman–Crippen MR) is 82.0 cm³/mol. The zero-order chi connectivity index (χ0) is 14.4. The lowest BCUT2D eigenvalue weighted by atomic mass is 10.2. The molecule has 0 aliphatic carbocycles. The molecule has 2 rings (SSSR count). The van der Waals surface area contributed by atoms with Gasteiger partial charge >= 0.3 is 0 Å². The van der Waals surface area contributed by atoms with E-state index >= 15 is 0 Å². The van der Waals surface area contributed by atoms with E-state index in [-0.39, 0.29) is 0 Å². The van der Waals surface area contributed by atoms with Gasteiger partial charge in [-0.3, -0.25) is 4.98 Å². The Labute approximate surface area is 124 Å². The van der Waals surface area contributed by atoms with Crippen LogP contribution in [0.4, 0.5) is 0 Å². The van der Waals surface area contributed by atoms with Crippen LogP contribution in [0, 0.1) is 0 Å². The molecule has 0 saturated carbocycles. The molecule has 0 aliphatic rings. The highest BCUT2D eigenvalue weighted by molar-refractivity contribution is 6.30. The molecule has 2 aromatic rings. The molecule has 0 amide bonds. The summed E-state index contributed by atoms with van der Waals surface area (Å²) in [4.78, 5) is 4.08. The Balaban J connectivity index is 2.06. The van der Waals surface area contributed by atoms with Crippen LogP contribution in [0.2, 0.25) is 5.02 Å². The second-order valence-corrected chi connectivity index (χ2v) is 5.37. The van der Waals surface area contributed by atoms with Crippen molar-refractivity contribution in [2.75, 3.05) is 0 Å². The van der Waals surface area contributed by atoms with Gasteiger partial charge < -0.3 is 10.1 Å². The summed E-state index contributed by atoms with van der Waals surface area (Å²) in [5.41, 5.74) is 2.11. The molecule has 4 heteroatoms. The van der Waals surface area contributed by atoms with Gasteiger partial charge in [-0.05, 0) is 24.3 Å². The number of rotatable bonds is 6. The SMILES string of the molecule is CC(C)NCc1cc(Cl)ccc1OCc1cccnc1. The third-order valence-electron chi connectivity index (χ3n) is 2.84. The van der Waals surface area contributed by atoms with E-state index in [1.54, 1.807) is 6.20 Å². The number of ether oxygens (including phenoxy) is 1. The van der Waals surface area contributed by atoms with Crippen molar-refractivity contribution in [1.29, 1.82) is 0 Å². The van der Waals surface area contributed by atoms with Gasteiger partial charge in [-0.25, -0.2) is 0 Å². The number of halogens is 1. The van der Waals surface area contributed by atoms with Crippen molar-refractivity contribution in [1.82, 2.24) is 10.3 Å². The molecular formula is C16H19ClN2O. The summed E-state index contributed by atoms with van der Waals surface area (Å²) < 4.78 is 5.87. The van der Waals surface area contributed by atoms with Crippen LogP contribution in [0.15, 0.2) is 42.7 Å². The van der Waals surface area contributed by atoms with Crippen LogP contribution >= 0.6 is 11.6 Å². The quantitative estimate of drug-likeness (QED) is 0.878.